The Morgan fingerprint density at radius 1 is 1.14 bits per heavy atom. The Bertz CT molecular complexity index is 1270. The highest BCUT2D eigenvalue weighted by Crippen LogP contribution is 2.30. The molecule has 3 aromatic rings. The summed E-state index contributed by atoms with van der Waals surface area (Å²) >= 11 is 0. The minimum Gasteiger partial charge on any atom is -0.462 e. The predicted molar refractivity (Wildman–Crippen MR) is 128 cm³/mol. The van der Waals surface area contributed by atoms with Crippen LogP contribution in [0.1, 0.15) is 49.4 Å². The Morgan fingerprint density at radius 3 is 2.50 bits per heavy atom. The van der Waals surface area contributed by atoms with Gasteiger partial charge in [0.2, 0.25) is 0 Å². The van der Waals surface area contributed by atoms with Gasteiger partial charge in [0, 0.05) is 17.0 Å². The molecule has 2 aromatic heterocycles. The zero-order valence-corrected chi connectivity index (χ0v) is 20.6. The van der Waals surface area contributed by atoms with Gasteiger partial charge in [0.1, 0.15) is 23.5 Å². The normalized spacial score (nSPS) is 11.9. The molecule has 0 aliphatic rings. The van der Waals surface area contributed by atoms with E-state index in [1.807, 2.05) is 0 Å². The number of nitrogens with one attached hydrogen (secondary N) is 3. The third-order valence-corrected chi connectivity index (χ3v) is 4.82. The van der Waals surface area contributed by atoms with Gasteiger partial charge in [-0.25, -0.2) is 19.6 Å². The molecule has 36 heavy (non-hydrogen) atoms. The minimum absolute atomic E-state index is 0.00346. The predicted octanol–water partition coefficient (Wildman–Crippen LogP) is 5.11. The topological polar surface area (TPSA) is 118 Å². The molecule has 0 atom stereocenters. The number of hydrogen-bond acceptors (Lipinski definition) is 7. The van der Waals surface area contributed by atoms with Gasteiger partial charge in [0.15, 0.2) is 0 Å². The zero-order chi connectivity index (χ0) is 26.7. The van der Waals surface area contributed by atoms with Crippen molar-refractivity contribution in [3.63, 3.8) is 0 Å². The number of anilines is 1. The molecule has 0 saturated carbocycles. The molecule has 9 nitrogen and oxygen atoms in total. The number of aromatic amines is 1. The van der Waals surface area contributed by atoms with Crippen LogP contribution >= 0.6 is 0 Å². The number of nitrogens with zero attached hydrogens (tertiary/aromatic N) is 2. The Morgan fingerprint density at radius 2 is 1.86 bits per heavy atom. The first-order valence-corrected chi connectivity index (χ1v) is 11.2. The second-order valence-electron chi connectivity index (χ2n) is 8.95. The van der Waals surface area contributed by atoms with Gasteiger partial charge in [-0.1, -0.05) is 12.1 Å². The number of H-pyrrole nitrogens is 1. The summed E-state index contributed by atoms with van der Waals surface area (Å²) in [6.07, 6.45) is -5.09. The zero-order valence-electron chi connectivity index (χ0n) is 20.6. The van der Waals surface area contributed by atoms with E-state index in [0.717, 1.165) is 0 Å². The highest BCUT2D eigenvalue weighted by atomic mass is 19.4. The maximum atomic E-state index is 12.7. The number of aromatic nitrogens is 3. The standard InChI is InChI=1S/C24H28F3N5O4/c1-6-35-21(33)15-10-17(31-18(15)11-28-22(34)36-23(3,4)5)14-8-7-9-16-19(14)32-20(13(2)30-16)29-12-24(25,26)27/h7-10,31H,6,11-12H2,1-5H3,(H,28,34)(H,29,32). The highest BCUT2D eigenvalue weighted by Gasteiger charge is 2.27. The van der Waals surface area contributed by atoms with E-state index in [2.05, 4.69) is 25.6 Å². The van der Waals surface area contributed by atoms with Gasteiger partial charge < -0.3 is 25.1 Å². The smallest absolute Gasteiger partial charge is 0.407 e. The molecule has 0 aliphatic carbocycles. The summed E-state index contributed by atoms with van der Waals surface area (Å²) in [7, 11) is 0. The van der Waals surface area contributed by atoms with Gasteiger partial charge in [-0.15, -0.1) is 0 Å². The molecule has 194 valence electrons. The average molecular weight is 508 g/mol. The van der Waals surface area contributed by atoms with Crippen LogP contribution in [0.25, 0.3) is 22.3 Å². The number of esters is 1. The molecule has 3 rings (SSSR count). The summed E-state index contributed by atoms with van der Waals surface area (Å²) < 4.78 is 48.6. The van der Waals surface area contributed by atoms with Gasteiger partial charge in [0.25, 0.3) is 0 Å². The number of amides is 1. The number of carbonyl (C=O) groups is 2. The first-order chi connectivity index (χ1) is 16.8. The van der Waals surface area contributed by atoms with Crippen molar-refractivity contribution in [2.45, 2.75) is 52.9 Å². The van der Waals surface area contributed by atoms with Crippen LogP contribution in [0, 0.1) is 6.92 Å². The Kier molecular flexibility index (Phi) is 7.75. The van der Waals surface area contributed by atoms with Gasteiger partial charge in [-0.05, 0) is 46.8 Å². The van der Waals surface area contributed by atoms with E-state index in [1.54, 1.807) is 58.9 Å². The number of alkyl halides is 3. The summed E-state index contributed by atoms with van der Waals surface area (Å²) in [4.78, 5) is 36.6. The molecule has 0 unspecified atom stereocenters. The van der Waals surface area contributed by atoms with E-state index in [4.69, 9.17) is 9.47 Å². The first kappa shape index (κ1) is 26.8. The maximum Gasteiger partial charge on any atom is 0.407 e. The van der Waals surface area contributed by atoms with E-state index in [0.29, 0.717) is 33.7 Å². The van der Waals surface area contributed by atoms with Crippen molar-refractivity contribution in [2.24, 2.45) is 0 Å². The number of carbonyl (C=O) groups excluding carboxylic acids is 2. The largest absolute Gasteiger partial charge is 0.462 e. The quantitative estimate of drug-likeness (QED) is 0.381. The SMILES string of the molecule is CCOC(=O)c1cc(-c2cccc3nc(C)c(NCC(F)(F)F)nc23)[nH]c1CNC(=O)OC(C)(C)C. The Balaban J connectivity index is 2.01. The molecule has 0 radical (unpaired) electrons. The summed E-state index contributed by atoms with van der Waals surface area (Å²) in [5.74, 6) is -0.605. The summed E-state index contributed by atoms with van der Waals surface area (Å²) in [6, 6.07) is 6.65. The molecule has 1 aromatic carbocycles. The van der Waals surface area contributed by atoms with Gasteiger partial charge in [-0.3, -0.25) is 0 Å². The molecular weight excluding hydrogens is 479 g/mol. The van der Waals surface area contributed by atoms with Crippen molar-refractivity contribution in [2.75, 3.05) is 18.5 Å². The van der Waals surface area contributed by atoms with E-state index in [-0.39, 0.29) is 24.5 Å². The van der Waals surface area contributed by atoms with E-state index in [9.17, 15) is 22.8 Å². The number of aryl methyl sites for hydroxylation is 1. The number of halogens is 3. The summed E-state index contributed by atoms with van der Waals surface area (Å²) in [5, 5.41) is 4.88. The van der Waals surface area contributed by atoms with Crippen molar-refractivity contribution in [1.82, 2.24) is 20.3 Å². The lowest BCUT2D eigenvalue weighted by Gasteiger charge is -2.19. The molecule has 0 aliphatic heterocycles. The lowest BCUT2D eigenvalue weighted by atomic mass is 10.1. The van der Waals surface area contributed by atoms with Crippen LogP contribution in [0.3, 0.4) is 0 Å². The Labute approximate surface area is 205 Å². The van der Waals surface area contributed by atoms with Crippen molar-refractivity contribution in [3.05, 3.63) is 41.2 Å². The van der Waals surface area contributed by atoms with Crippen LogP contribution in [0.2, 0.25) is 0 Å². The third kappa shape index (κ3) is 6.86. The molecule has 3 N–H and O–H groups in total. The summed E-state index contributed by atoms with van der Waals surface area (Å²) in [6.45, 7) is 7.24. The molecule has 2 heterocycles. The fourth-order valence-corrected chi connectivity index (χ4v) is 3.38. The monoisotopic (exact) mass is 507 g/mol. The molecule has 0 fully saturated rings. The highest BCUT2D eigenvalue weighted by molar-refractivity contribution is 5.96. The van der Waals surface area contributed by atoms with E-state index >= 15 is 0 Å². The first-order valence-electron chi connectivity index (χ1n) is 11.2. The van der Waals surface area contributed by atoms with Crippen LogP contribution in [0.5, 0.6) is 0 Å². The number of alkyl carbamates (subject to hydrolysis) is 1. The average Bonchev–Trinajstić information content (AvgIpc) is 3.18. The summed E-state index contributed by atoms with van der Waals surface area (Å²) in [5.41, 5.74) is 1.90. The number of fused-ring (bicyclic) bond motifs is 1. The van der Waals surface area contributed by atoms with Crippen LogP contribution in [0.4, 0.5) is 23.8 Å². The molecule has 0 spiro atoms. The number of para-hydroxylation sites is 1. The number of hydrogen-bond donors (Lipinski definition) is 3. The van der Waals surface area contributed by atoms with Crippen LogP contribution in [-0.4, -0.2) is 51.9 Å². The molecule has 0 bridgehead atoms. The van der Waals surface area contributed by atoms with Crippen LogP contribution in [0.15, 0.2) is 24.3 Å². The van der Waals surface area contributed by atoms with Crippen molar-refractivity contribution in [3.8, 4) is 11.3 Å². The van der Waals surface area contributed by atoms with E-state index in [1.165, 1.54) is 0 Å². The fourth-order valence-electron chi connectivity index (χ4n) is 3.38. The molecule has 12 heteroatoms. The minimum atomic E-state index is -4.42. The van der Waals surface area contributed by atoms with Gasteiger partial charge >= 0.3 is 18.2 Å². The second kappa shape index (κ2) is 10.4. The van der Waals surface area contributed by atoms with Crippen LogP contribution < -0.4 is 10.6 Å². The molecule has 0 saturated heterocycles. The van der Waals surface area contributed by atoms with Gasteiger partial charge in [-0.2, -0.15) is 13.2 Å². The molecule has 1 amide bonds. The third-order valence-electron chi connectivity index (χ3n) is 4.82. The fraction of sp³-hybridized carbons (Fsp3) is 0.417. The lowest BCUT2D eigenvalue weighted by Crippen LogP contribution is -2.32. The van der Waals surface area contributed by atoms with Crippen molar-refractivity contribution < 1.29 is 32.2 Å². The number of rotatable bonds is 7. The van der Waals surface area contributed by atoms with Crippen molar-refractivity contribution >= 4 is 28.9 Å². The van der Waals surface area contributed by atoms with Gasteiger partial charge in [0.05, 0.1) is 29.9 Å². The van der Waals surface area contributed by atoms with Crippen molar-refractivity contribution in [1.29, 1.82) is 0 Å². The molecular formula is C24H28F3N5O4. The number of ether oxygens (including phenoxy) is 2. The van der Waals surface area contributed by atoms with Crippen LogP contribution in [-0.2, 0) is 16.0 Å². The lowest BCUT2D eigenvalue weighted by molar-refractivity contribution is -0.115. The van der Waals surface area contributed by atoms with E-state index < -0.39 is 30.4 Å². The Hall–Kier alpha value is -3.83. The number of benzene rings is 1. The maximum absolute atomic E-state index is 12.7. The second-order valence-corrected chi connectivity index (χ2v) is 8.95.